The van der Waals surface area contributed by atoms with Crippen LogP contribution < -0.4 is 15.8 Å². The molecule has 38 heavy (non-hydrogen) atoms. The summed E-state index contributed by atoms with van der Waals surface area (Å²) >= 11 is 0. The third-order valence-corrected chi connectivity index (χ3v) is 7.62. The molecule has 11 heteroatoms. The number of rotatable bonds is 8. The van der Waals surface area contributed by atoms with Crippen LogP contribution in [-0.2, 0) is 4.79 Å². The van der Waals surface area contributed by atoms with Crippen LogP contribution in [0.15, 0.2) is 29.3 Å². The van der Waals surface area contributed by atoms with E-state index < -0.39 is 5.97 Å². The van der Waals surface area contributed by atoms with Gasteiger partial charge in [0.25, 0.3) is 5.56 Å². The van der Waals surface area contributed by atoms with Crippen molar-refractivity contribution in [3.05, 3.63) is 46.0 Å². The zero-order valence-electron chi connectivity index (χ0n) is 21.8. The first-order valence-corrected chi connectivity index (χ1v) is 13.2. The number of ketones is 1. The summed E-state index contributed by atoms with van der Waals surface area (Å²) in [5, 5.41) is 12.8. The molecule has 2 aliphatic rings. The van der Waals surface area contributed by atoms with Crippen molar-refractivity contribution in [3.63, 3.8) is 0 Å². The summed E-state index contributed by atoms with van der Waals surface area (Å²) in [5.41, 5.74) is 2.09. The zero-order valence-corrected chi connectivity index (χ0v) is 21.8. The Labute approximate surface area is 220 Å². The molecule has 2 fully saturated rings. The molecule has 0 unspecified atom stereocenters. The summed E-state index contributed by atoms with van der Waals surface area (Å²) in [4.78, 5) is 54.6. The van der Waals surface area contributed by atoms with Crippen molar-refractivity contribution < 1.29 is 14.7 Å². The second kappa shape index (κ2) is 10.9. The number of fused-ring (bicyclic) bond motifs is 1. The number of pyridine rings is 2. The van der Waals surface area contributed by atoms with Gasteiger partial charge in [-0.25, -0.2) is 9.97 Å². The van der Waals surface area contributed by atoms with E-state index in [4.69, 9.17) is 10.1 Å². The van der Waals surface area contributed by atoms with Crippen LogP contribution in [0.5, 0.6) is 0 Å². The number of carbonyl (C=O) groups is 2. The molecule has 5 rings (SSSR count). The van der Waals surface area contributed by atoms with Crippen LogP contribution in [0.2, 0.25) is 0 Å². The predicted octanol–water partition coefficient (Wildman–Crippen LogP) is 3.15. The van der Waals surface area contributed by atoms with Gasteiger partial charge in [0.15, 0.2) is 5.78 Å². The number of nitrogens with one attached hydrogen (secondary N) is 1. The second-order valence-corrected chi connectivity index (χ2v) is 10.1. The van der Waals surface area contributed by atoms with E-state index in [0.717, 1.165) is 57.5 Å². The average molecular weight is 520 g/mol. The quantitative estimate of drug-likeness (QED) is 0.428. The summed E-state index contributed by atoms with van der Waals surface area (Å²) < 4.78 is 1.70. The molecule has 0 spiro atoms. The van der Waals surface area contributed by atoms with Gasteiger partial charge in [-0.1, -0.05) is 12.8 Å². The molecule has 4 heterocycles. The number of aryl methyl sites for hydroxylation is 1. The first-order chi connectivity index (χ1) is 18.3. The van der Waals surface area contributed by atoms with Crippen LogP contribution in [0, 0.1) is 6.92 Å². The van der Waals surface area contributed by atoms with Gasteiger partial charge in [-0.15, -0.1) is 0 Å². The molecule has 1 saturated carbocycles. The van der Waals surface area contributed by atoms with Crippen LogP contribution in [0.1, 0.15) is 61.0 Å². The number of piperazine rings is 1. The fraction of sp³-hybridized carbons (Fsp3) is 0.481. The molecular weight excluding hydrogens is 486 g/mol. The van der Waals surface area contributed by atoms with E-state index in [1.165, 1.54) is 6.92 Å². The summed E-state index contributed by atoms with van der Waals surface area (Å²) in [6.07, 6.45) is 7.51. The third-order valence-electron chi connectivity index (χ3n) is 7.62. The van der Waals surface area contributed by atoms with Crippen molar-refractivity contribution in [2.24, 2.45) is 0 Å². The predicted molar refractivity (Wildman–Crippen MR) is 144 cm³/mol. The molecular formula is C27H33N7O4. The Balaban J connectivity index is 1.35. The Morgan fingerprint density at radius 3 is 2.45 bits per heavy atom. The summed E-state index contributed by atoms with van der Waals surface area (Å²) in [5.74, 6) is -0.0897. The smallest absolute Gasteiger partial charge is 0.304 e. The number of hydrogen-bond acceptors (Lipinski definition) is 9. The third kappa shape index (κ3) is 5.24. The Bertz CT molecular complexity index is 1410. The Hall–Kier alpha value is -3.86. The number of carbonyl (C=O) groups excluding carboxylic acids is 1. The van der Waals surface area contributed by atoms with E-state index in [9.17, 15) is 14.4 Å². The molecule has 2 N–H and O–H groups in total. The van der Waals surface area contributed by atoms with Crippen molar-refractivity contribution >= 4 is 40.2 Å². The Kier molecular flexibility index (Phi) is 7.37. The zero-order chi connectivity index (χ0) is 26.8. The lowest BCUT2D eigenvalue weighted by Crippen LogP contribution is -2.46. The van der Waals surface area contributed by atoms with Gasteiger partial charge < -0.3 is 15.3 Å². The maximum absolute atomic E-state index is 13.4. The second-order valence-electron chi connectivity index (χ2n) is 10.1. The van der Waals surface area contributed by atoms with Gasteiger partial charge in [-0.05, 0) is 44.4 Å². The lowest BCUT2D eigenvalue weighted by Gasteiger charge is -2.35. The monoisotopic (exact) mass is 519 g/mol. The van der Waals surface area contributed by atoms with Crippen LogP contribution >= 0.6 is 0 Å². The van der Waals surface area contributed by atoms with E-state index in [1.54, 1.807) is 23.9 Å². The van der Waals surface area contributed by atoms with Crippen LogP contribution in [-0.4, -0.2) is 74.0 Å². The minimum atomic E-state index is -0.770. The number of carboxylic acid groups (broad SMARTS) is 1. The maximum atomic E-state index is 13.4. The number of carboxylic acids is 1. The van der Waals surface area contributed by atoms with E-state index in [2.05, 4.69) is 25.1 Å². The first kappa shape index (κ1) is 25.8. The summed E-state index contributed by atoms with van der Waals surface area (Å²) in [7, 11) is 0. The average Bonchev–Trinajstić information content (AvgIpc) is 3.42. The highest BCUT2D eigenvalue weighted by atomic mass is 16.4. The van der Waals surface area contributed by atoms with Gasteiger partial charge in [0.2, 0.25) is 5.95 Å². The van der Waals surface area contributed by atoms with E-state index >= 15 is 0 Å². The van der Waals surface area contributed by atoms with Crippen LogP contribution in [0.25, 0.3) is 11.0 Å². The van der Waals surface area contributed by atoms with Gasteiger partial charge in [-0.3, -0.25) is 23.9 Å². The topological polar surface area (TPSA) is 134 Å². The molecule has 11 nitrogen and oxygen atoms in total. The van der Waals surface area contributed by atoms with Gasteiger partial charge >= 0.3 is 5.97 Å². The normalized spacial score (nSPS) is 16.7. The lowest BCUT2D eigenvalue weighted by atomic mass is 10.0. The Morgan fingerprint density at radius 1 is 1.08 bits per heavy atom. The SMILES string of the molecule is CC(=O)c1c(C)c2cnc(Nc3ccc(N4CCN(CCC(=O)O)CC4)cn3)nc2n(C2CCCC2)c1=O. The number of Topliss-reactive ketones (excluding diaryl/α,β-unsaturated/α-hetero) is 1. The van der Waals surface area contributed by atoms with Gasteiger partial charge in [0.1, 0.15) is 11.5 Å². The van der Waals surface area contributed by atoms with Gasteiger partial charge in [0, 0.05) is 50.3 Å². The minimum Gasteiger partial charge on any atom is -0.481 e. The van der Waals surface area contributed by atoms with Crippen molar-refractivity contribution in [2.45, 2.75) is 52.0 Å². The van der Waals surface area contributed by atoms with Crippen molar-refractivity contribution in [1.82, 2.24) is 24.4 Å². The minimum absolute atomic E-state index is 0.0217. The standard InChI is InChI=1S/C27H33N7O4/c1-17-21-16-29-27(31-25(21)34(19-5-3-4-6-19)26(38)24(17)18(2)35)30-22-8-7-20(15-28-22)33-13-11-32(12-14-33)10-9-23(36)37/h7-8,15-16,19H,3-6,9-14H2,1-2H3,(H,36,37)(H,28,29,30,31). The number of hydrogen-bond donors (Lipinski definition) is 2. The molecule has 1 saturated heterocycles. The lowest BCUT2D eigenvalue weighted by molar-refractivity contribution is -0.137. The van der Waals surface area contributed by atoms with E-state index in [1.807, 2.05) is 12.1 Å². The van der Waals surface area contributed by atoms with Gasteiger partial charge in [0.05, 0.1) is 23.9 Å². The van der Waals surface area contributed by atoms with Gasteiger partial charge in [-0.2, -0.15) is 4.98 Å². The fourth-order valence-corrected chi connectivity index (χ4v) is 5.55. The number of anilines is 3. The molecule has 3 aromatic heterocycles. The molecule has 0 aromatic carbocycles. The summed E-state index contributed by atoms with van der Waals surface area (Å²) in [6, 6.07) is 3.88. The molecule has 0 atom stereocenters. The van der Waals surface area contributed by atoms with Crippen molar-refractivity contribution in [2.75, 3.05) is 42.9 Å². The molecule has 3 aromatic rings. The van der Waals surface area contributed by atoms with Crippen LogP contribution in [0.3, 0.4) is 0 Å². The number of aromatic nitrogens is 4. The van der Waals surface area contributed by atoms with E-state index in [0.29, 0.717) is 34.9 Å². The highest BCUT2D eigenvalue weighted by Crippen LogP contribution is 2.32. The molecule has 0 bridgehead atoms. The van der Waals surface area contributed by atoms with Crippen LogP contribution in [0.4, 0.5) is 17.5 Å². The number of nitrogens with zero attached hydrogens (tertiary/aromatic N) is 6. The van der Waals surface area contributed by atoms with Crippen molar-refractivity contribution in [1.29, 1.82) is 0 Å². The molecule has 1 aliphatic heterocycles. The Morgan fingerprint density at radius 2 is 1.82 bits per heavy atom. The molecule has 1 aliphatic carbocycles. The molecule has 0 amide bonds. The van der Waals surface area contributed by atoms with E-state index in [-0.39, 0.29) is 29.4 Å². The fourth-order valence-electron chi connectivity index (χ4n) is 5.55. The largest absolute Gasteiger partial charge is 0.481 e. The maximum Gasteiger partial charge on any atom is 0.304 e. The highest BCUT2D eigenvalue weighted by Gasteiger charge is 2.26. The first-order valence-electron chi connectivity index (χ1n) is 13.2. The number of aliphatic carboxylic acids is 1. The highest BCUT2D eigenvalue weighted by molar-refractivity contribution is 5.99. The molecule has 0 radical (unpaired) electrons. The molecule has 200 valence electrons. The van der Waals surface area contributed by atoms with Crippen molar-refractivity contribution in [3.8, 4) is 0 Å². The summed E-state index contributed by atoms with van der Waals surface area (Å²) in [6.45, 7) is 7.02.